The molecule has 0 fully saturated rings. The number of hydrogen-bond donors (Lipinski definition) is 1. The van der Waals surface area contributed by atoms with Crippen molar-refractivity contribution in [1.82, 2.24) is 9.78 Å². The first-order valence-corrected chi connectivity index (χ1v) is 9.07. The van der Waals surface area contributed by atoms with Gasteiger partial charge in [0.25, 0.3) is 5.91 Å². The molecule has 0 spiro atoms. The molecule has 4 aromatic rings. The van der Waals surface area contributed by atoms with Crippen molar-refractivity contribution in [2.24, 2.45) is 0 Å². The first-order valence-electron chi connectivity index (χ1n) is 8.69. The summed E-state index contributed by atoms with van der Waals surface area (Å²) in [5.41, 5.74) is 2.31. The van der Waals surface area contributed by atoms with E-state index < -0.39 is 11.7 Å². The molecular formula is C22H14ClF2N3O. The smallest absolute Gasteiger partial charge is 0.274 e. The van der Waals surface area contributed by atoms with Crippen LogP contribution >= 0.6 is 11.6 Å². The summed E-state index contributed by atoms with van der Waals surface area (Å²) in [4.78, 5) is 12.9. The van der Waals surface area contributed by atoms with E-state index >= 15 is 0 Å². The summed E-state index contributed by atoms with van der Waals surface area (Å²) < 4.78 is 27.8. The normalized spacial score (nSPS) is 10.7. The lowest BCUT2D eigenvalue weighted by Gasteiger charge is -2.09. The van der Waals surface area contributed by atoms with Crippen LogP contribution in [0.3, 0.4) is 0 Å². The molecule has 1 amide bonds. The molecule has 1 N–H and O–H groups in total. The first kappa shape index (κ1) is 18.8. The molecule has 0 bridgehead atoms. The molecule has 3 aromatic carbocycles. The van der Waals surface area contributed by atoms with Gasteiger partial charge >= 0.3 is 0 Å². The highest BCUT2D eigenvalue weighted by atomic mass is 35.5. The number of anilines is 1. The van der Waals surface area contributed by atoms with Crippen LogP contribution in [0.4, 0.5) is 14.5 Å². The van der Waals surface area contributed by atoms with Gasteiger partial charge in [0, 0.05) is 11.3 Å². The fourth-order valence-corrected chi connectivity index (χ4v) is 3.06. The Bertz CT molecular complexity index is 1170. The Morgan fingerprint density at radius 1 is 0.897 bits per heavy atom. The van der Waals surface area contributed by atoms with Gasteiger partial charge in [-0.2, -0.15) is 5.10 Å². The third-order valence-electron chi connectivity index (χ3n) is 4.26. The summed E-state index contributed by atoms with van der Waals surface area (Å²) in [5.74, 6) is -1.21. The van der Waals surface area contributed by atoms with Crippen molar-refractivity contribution in [1.29, 1.82) is 0 Å². The van der Waals surface area contributed by atoms with Crippen LogP contribution in [0.1, 0.15) is 10.5 Å². The highest BCUT2D eigenvalue weighted by molar-refractivity contribution is 6.32. The molecule has 1 heterocycles. The Balaban J connectivity index is 1.78. The number of nitrogens with zero attached hydrogens (tertiary/aromatic N) is 2. The number of carbonyl (C=O) groups excluding carboxylic acids is 1. The first-order chi connectivity index (χ1) is 14.0. The molecule has 0 aliphatic rings. The van der Waals surface area contributed by atoms with Crippen molar-refractivity contribution < 1.29 is 13.6 Å². The molecule has 0 unspecified atom stereocenters. The van der Waals surface area contributed by atoms with Gasteiger partial charge in [0.2, 0.25) is 0 Å². The second kappa shape index (κ2) is 7.85. The van der Waals surface area contributed by atoms with E-state index in [0.717, 1.165) is 0 Å². The Kier molecular flexibility index (Phi) is 5.10. The minimum absolute atomic E-state index is 0.224. The molecule has 0 saturated carbocycles. The van der Waals surface area contributed by atoms with Crippen molar-refractivity contribution in [2.75, 3.05) is 5.32 Å². The van der Waals surface area contributed by atoms with Crippen LogP contribution in [0.2, 0.25) is 5.02 Å². The number of nitrogens with one attached hydrogen (secondary N) is 1. The Morgan fingerprint density at radius 3 is 2.17 bits per heavy atom. The van der Waals surface area contributed by atoms with Gasteiger partial charge in [-0.15, -0.1) is 0 Å². The molecule has 144 valence electrons. The van der Waals surface area contributed by atoms with E-state index in [2.05, 4.69) is 10.4 Å². The van der Waals surface area contributed by atoms with Crippen LogP contribution in [0.15, 0.2) is 78.9 Å². The van der Waals surface area contributed by atoms with Crippen molar-refractivity contribution in [3.8, 4) is 16.9 Å². The lowest BCUT2D eigenvalue weighted by Crippen LogP contribution is -2.17. The zero-order valence-electron chi connectivity index (χ0n) is 14.9. The zero-order valence-corrected chi connectivity index (χ0v) is 15.7. The number of hydrogen-bond acceptors (Lipinski definition) is 2. The summed E-state index contributed by atoms with van der Waals surface area (Å²) in [6.45, 7) is 0. The maximum Gasteiger partial charge on any atom is 0.274 e. The van der Waals surface area contributed by atoms with Crippen molar-refractivity contribution in [2.45, 2.75) is 0 Å². The summed E-state index contributed by atoms with van der Waals surface area (Å²) >= 11 is 6.31. The Hall–Kier alpha value is -3.51. The fourth-order valence-electron chi connectivity index (χ4n) is 2.84. The van der Waals surface area contributed by atoms with E-state index in [1.54, 1.807) is 42.5 Å². The minimum Gasteiger partial charge on any atom is -0.321 e. The maximum absolute atomic E-state index is 13.3. The second-order valence-electron chi connectivity index (χ2n) is 6.25. The average Bonchev–Trinajstić information content (AvgIpc) is 3.16. The van der Waals surface area contributed by atoms with E-state index in [4.69, 9.17) is 11.6 Å². The van der Waals surface area contributed by atoms with E-state index in [1.165, 1.54) is 41.1 Å². The molecule has 4 nitrogen and oxygen atoms in total. The van der Waals surface area contributed by atoms with Gasteiger partial charge < -0.3 is 5.32 Å². The fraction of sp³-hybridized carbons (Fsp3) is 0. The number of carbonyl (C=O) groups is 1. The second-order valence-corrected chi connectivity index (χ2v) is 6.65. The van der Waals surface area contributed by atoms with Crippen molar-refractivity contribution >= 4 is 23.2 Å². The molecule has 0 aliphatic carbocycles. The Morgan fingerprint density at radius 2 is 1.52 bits per heavy atom. The van der Waals surface area contributed by atoms with E-state index in [1.807, 2.05) is 0 Å². The van der Waals surface area contributed by atoms with Gasteiger partial charge in [0.15, 0.2) is 0 Å². The number of para-hydroxylation sites is 1. The standard InChI is InChI=1S/C22H14ClF2N3O/c23-18-3-1-2-4-20(18)28-21(22(29)26-17-11-9-16(25)10-12-17)13-19(27-28)14-5-7-15(24)8-6-14/h1-13H,(H,26,29). The molecular weight excluding hydrogens is 396 g/mol. The quantitative estimate of drug-likeness (QED) is 0.468. The highest BCUT2D eigenvalue weighted by Crippen LogP contribution is 2.26. The van der Waals surface area contributed by atoms with Gasteiger partial charge in [-0.3, -0.25) is 4.79 Å². The van der Waals surface area contributed by atoms with Crippen LogP contribution in [0, 0.1) is 11.6 Å². The van der Waals surface area contributed by atoms with Gasteiger partial charge in [0.1, 0.15) is 17.3 Å². The highest BCUT2D eigenvalue weighted by Gasteiger charge is 2.19. The molecule has 0 atom stereocenters. The van der Waals surface area contributed by atoms with Gasteiger partial charge in [0.05, 0.1) is 16.4 Å². The number of halogens is 3. The topological polar surface area (TPSA) is 46.9 Å². The van der Waals surface area contributed by atoms with Gasteiger partial charge in [-0.1, -0.05) is 23.7 Å². The number of amides is 1. The lowest BCUT2D eigenvalue weighted by atomic mass is 10.1. The molecule has 4 rings (SSSR count). The summed E-state index contributed by atoms with van der Waals surface area (Å²) in [6.07, 6.45) is 0. The predicted molar refractivity (Wildman–Crippen MR) is 108 cm³/mol. The van der Waals surface area contributed by atoms with Crippen LogP contribution in [-0.4, -0.2) is 15.7 Å². The average molecular weight is 410 g/mol. The van der Waals surface area contributed by atoms with Gasteiger partial charge in [-0.05, 0) is 66.7 Å². The maximum atomic E-state index is 13.3. The van der Waals surface area contributed by atoms with Crippen LogP contribution < -0.4 is 5.32 Å². The molecule has 7 heteroatoms. The van der Waals surface area contributed by atoms with Crippen LogP contribution in [0.5, 0.6) is 0 Å². The number of rotatable bonds is 4. The molecule has 0 radical (unpaired) electrons. The van der Waals surface area contributed by atoms with E-state index in [0.29, 0.717) is 27.7 Å². The van der Waals surface area contributed by atoms with Crippen LogP contribution in [-0.2, 0) is 0 Å². The largest absolute Gasteiger partial charge is 0.321 e. The zero-order chi connectivity index (χ0) is 20.4. The van der Waals surface area contributed by atoms with E-state index in [-0.39, 0.29) is 11.5 Å². The van der Waals surface area contributed by atoms with E-state index in [9.17, 15) is 13.6 Å². The number of aromatic nitrogens is 2. The van der Waals surface area contributed by atoms with Crippen molar-refractivity contribution in [3.05, 3.63) is 101 Å². The third-order valence-corrected chi connectivity index (χ3v) is 4.58. The summed E-state index contributed by atoms with van der Waals surface area (Å²) in [7, 11) is 0. The minimum atomic E-state index is -0.447. The molecule has 0 saturated heterocycles. The summed E-state index contributed by atoms with van der Waals surface area (Å²) in [5, 5.41) is 7.64. The number of benzene rings is 3. The van der Waals surface area contributed by atoms with Crippen molar-refractivity contribution in [3.63, 3.8) is 0 Å². The lowest BCUT2D eigenvalue weighted by molar-refractivity contribution is 0.101. The monoisotopic (exact) mass is 409 g/mol. The van der Waals surface area contributed by atoms with Gasteiger partial charge in [-0.25, -0.2) is 13.5 Å². The third kappa shape index (κ3) is 4.02. The Labute approximate surface area is 170 Å². The molecule has 1 aromatic heterocycles. The predicted octanol–water partition coefficient (Wildman–Crippen LogP) is 5.72. The summed E-state index contributed by atoms with van der Waals surface area (Å²) in [6, 6.07) is 19.8. The molecule has 0 aliphatic heterocycles. The van der Waals surface area contributed by atoms with Crippen LogP contribution in [0.25, 0.3) is 16.9 Å². The SMILES string of the molecule is O=C(Nc1ccc(F)cc1)c1cc(-c2ccc(F)cc2)nn1-c1ccccc1Cl. The molecule has 29 heavy (non-hydrogen) atoms.